The van der Waals surface area contributed by atoms with Gasteiger partial charge < -0.3 is 14.2 Å². The zero-order chi connectivity index (χ0) is 31.8. The van der Waals surface area contributed by atoms with E-state index in [1.165, 1.54) is 11.7 Å². The predicted octanol–water partition coefficient (Wildman–Crippen LogP) is 8.72. The van der Waals surface area contributed by atoms with E-state index in [2.05, 4.69) is 36.4 Å². The molecule has 0 aliphatic heterocycles. The summed E-state index contributed by atoms with van der Waals surface area (Å²) >= 11 is 1.69. The van der Waals surface area contributed by atoms with Crippen LogP contribution in [0.2, 0.25) is 0 Å². The lowest BCUT2D eigenvalue weighted by Crippen LogP contribution is -2.27. The number of hydrogen-bond acceptors (Lipinski definition) is 6. The number of thioether (sulfide) groups is 1. The number of carbonyl (C=O) groups excluding carboxylic acids is 2. The molecule has 7 heteroatoms. The lowest BCUT2D eigenvalue weighted by atomic mass is 9.84. The van der Waals surface area contributed by atoms with E-state index in [1.54, 1.807) is 23.9 Å². The fourth-order valence-corrected chi connectivity index (χ4v) is 7.00. The largest absolute Gasteiger partial charge is 0.489 e. The molecule has 0 aliphatic carbocycles. The summed E-state index contributed by atoms with van der Waals surface area (Å²) < 4.78 is 17.6. The van der Waals surface area contributed by atoms with Gasteiger partial charge in [0.05, 0.1) is 17.4 Å². The molecule has 0 radical (unpaired) electrons. The Balaban J connectivity index is 1.26. The van der Waals surface area contributed by atoms with Gasteiger partial charge in [-0.25, -0.2) is 14.2 Å². The maximum Gasteiger partial charge on any atom is 0.419 e. The molecule has 1 heterocycles. The number of aromatic nitrogens is 1. The summed E-state index contributed by atoms with van der Waals surface area (Å²) in [6.45, 7) is 0.479. The number of carbonyl (C=O) groups is 2. The van der Waals surface area contributed by atoms with Crippen LogP contribution in [0.15, 0.2) is 146 Å². The molecule has 0 unspecified atom stereocenters. The number of hydrogen-bond donors (Lipinski definition) is 0. The van der Waals surface area contributed by atoms with Gasteiger partial charge in [0, 0.05) is 17.2 Å². The second-order valence-electron chi connectivity index (χ2n) is 10.6. The first-order valence-electron chi connectivity index (χ1n) is 15.0. The lowest BCUT2D eigenvalue weighted by Gasteiger charge is -2.35. The van der Waals surface area contributed by atoms with Gasteiger partial charge in [-0.2, -0.15) is 0 Å². The van der Waals surface area contributed by atoms with Crippen LogP contribution in [-0.2, 0) is 20.8 Å². The molecule has 6 nitrogen and oxygen atoms in total. The third-order valence-electron chi connectivity index (χ3n) is 7.77. The average molecular weight is 628 g/mol. The van der Waals surface area contributed by atoms with E-state index in [0.717, 1.165) is 22.3 Å². The van der Waals surface area contributed by atoms with E-state index in [-0.39, 0.29) is 12.3 Å². The second kappa shape index (κ2) is 14.2. The van der Waals surface area contributed by atoms with Crippen molar-refractivity contribution in [3.8, 4) is 5.75 Å². The SMILES string of the molecule is COC(=O)c1cc2ccc(OCc3ccccc3)cc2n1C(=O)OCCSC(c1ccccc1)(c1ccccc1)c1ccccc1. The second-order valence-corrected chi connectivity index (χ2v) is 11.9. The molecular weight excluding hydrogens is 594 g/mol. The molecule has 1 aromatic heterocycles. The minimum absolute atomic E-state index is 0.0857. The van der Waals surface area contributed by atoms with Gasteiger partial charge in [0.25, 0.3) is 0 Å². The van der Waals surface area contributed by atoms with Gasteiger partial charge in [0.2, 0.25) is 0 Å². The Bertz CT molecular complexity index is 1810. The van der Waals surface area contributed by atoms with E-state index in [4.69, 9.17) is 14.2 Å². The van der Waals surface area contributed by atoms with Crippen molar-refractivity contribution in [1.82, 2.24) is 4.57 Å². The molecule has 46 heavy (non-hydrogen) atoms. The lowest BCUT2D eigenvalue weighted by molar-refractivity contribution is 0.0586. The van der Waals surface area contributed by atoms with Crippen LogP contribution in [0.25, 0.3) is 10.9 Å². The molecule has 0 fully saturated rings. The van der Waals surface area contributed by atoms with Crippen molar-refractivity contribution in [2.75, 3.05) is 19.5 Å². The summed E-state index contributed by atoms with van der Waals surface area (Å²) in [5, 5.41) is 0.690. The summed E-state index contributed by atoms with van der Waals surface area (Å²) in [6.07, 6.45) is -0.666. The van der Waals surface area contributed by atoms with Crippen LogP contribution in [0.3, 0.4) is 0 Å². The molecule has 0 saturated heterocycles. The standard InChI is InChI=1S/C39H33NO5S/c1-43-37(41)36-26-30-22-23-34(45-28-29-14-6-2-7-15-29)27-35(30)40(36)38(42)44-24-25-46-39(31-16-8-3-9-17-31,32-18-10-4-11-19-32)33-20-12-5-13-21-33/h2-23,26-27H,24-25,28H2,1H3. The van der Waals surface area contributed by atoms with Crippen molar-refractivity contribution in [2.45, 2.75) is 11.4 Å². The first kappa shape index (κ1) is 30.7. The van der Waals surface area contributed by atoms with Gasteiger partial charge in [-0.1, -0.05) is 121 Å². The maximum atomic E-state index is 13.7. The summed E-state index contributed by atoms with van der Waals surface area (Å²) in [6, 6.07) is 47.9. The van der Waals surface area contributed by atoms with Crippen LogP contribution in [-0.4, -0.2) is 36.1 Å². The zero-order valence-electron chi connectivity index (χ0n) is 25.4. The van der Waals surface area contributed by atoms with Gasteiger partial charge in [0.15, 0.2) is 0 Å². The number of ether oxygens (including phenoxy) is 3. The van der Waals surface area contributed by atoms with E-state index in [9.17, 15) is 9.59 Å². The van der Waals surface area contributed by atoms with Crippen LogP contribution < -0.4 is 4.74 Å². The number of benzene rings is 5. The quantitative estimate of drug-likeness (QED) is 0.0813. The Morgan fingerprint density at radius 3 is 1.78 bits per heavy atom. The summed E-state index contributed by atoms with van der Waals surface area (Å²) in [5.41, 5.74) is 4.96. The van der Waals surface area contributed by atoms with Gasteiger partial charge in [-0.05, 0) is 40.5 Å². The van der Waals surface area contributed by atoms with Gasteiger partial charge >= 0.3 is 12.1 Å². The highest BCUT2D eigenvalue weighted by Gasteiger charge is 2.37. The molecule has 6 aromatic rings. The maximum absolute atomic E-state index is 13.7. The van der Waals surface area contributed by atoms with Crippen LogP contribution in [0.1, 0.15) is 32.7 Å². The van der Waals surface area contributed by atoms with Gasteiger partial charge in [0.1, 0.15) is 24.7 Å². The zero-order valence-corrected chi connectivity index (χ0v) is 26.2. The molecular formula is C39H33NO5S. The Hall–Kier alpha value is -5.27. The number of fused-ring (bicyclic) bond motifs is 1. The minimum atomic E-state index is -0.666. The molecule has 0 atom stereocenters. The number of methoxy groups -OCH3 is 1. The van der Waals surface area contributed by atoms with Crippen molar-refractivity contribution < 1.29 is 23.8 Å². The van der Waals surface area contributed by atoms with E-state index < -0.39 is 16.8 Å². The molecule has 0 saturated carbocycles. The van der Waals surface area contributed by atoms with Crippen molar-refractivity contribution >= 4 is 34.7 Å². The third kappa shape index (κ3) is 6.41. The highest BCUT2D eigenvalue weighted by molar-refractivity contribution is 8.00. The summed E-state index contributed by atoms with van der Waals surface area (Å²) in [5.74, 6) is 0.419. The predicted molar refractivity (Wildman–Crippen MR) is 182 cm³/mol. The Morgan fingerprint density at radius 1 is 0.696 bits per heavy atom. The number of rotatable bonds is 11. The average Bonchev–Trinajstić information content (AvgIpc) is 3.51. The monoisotopic (exact) mass is 627 g/mol. The fourth-order valence-electron chi connectivity index (χ4n) is 5.62. The molecule has 230 valence electrons. The van der Waals surface area contributed by atoms with Gasteiger partial charge in [-0.15, -0.1) is 11.8 Å². The topological polar surface area (TPSA) is 66.8 Å². The number of nitrogens with zero attached hydrogens (tertiary/aromatic N) is 1. The molecule has 0 aliphatic rings. The fraction of sp³-hybridized carbons (Fsp3) is 0.128. The Labute approximate surface area is 272 Å². The first-order chi connectivity index (χ1) is 22.6. The van der Waals surface area contributed by atoms with E-state index >= 15 is 0 Å². The summed E-state index contributed by atoms with van der Waals surface area (Å²) in [7, 11) is 1.29. The molecule has 6 rings (SSSR count). The molecule has 0 bridgehead atoms. The van der Waals surface area contributed by atoms with E-state index in [0.29, 0.717) is 29.0 Å². The van der Waals surface area contributed by atoms with Crippen LogP contribution >= 0.6 is 11.8 Å². The normalized spacial score (nSPS) is 11.2. The van der Waals surface area contributed by atoms with Crippen molar-refractivity contribution in [2.24, 2.45) is 0 Å². The van der Waals surface area contributed by atoms with Crippen molar-refractivity contribution in [3.63, 3.8) is 0 Å². The van der Waals surface area contributed by atoms with Gasteiger partial charge in [-0.3, -0.25) is 0 Å². The third-order valence-corrected chi connectivity index (χ3v) is 9.28. The highest BCUT2D eigenvalue weighted by atomic mass is 32.2. The van der Waals surface area contributed by atoms with Crippen molar-refractivity contribution in [3.05, 3.63) is 174 Å². The van der Waals surface area contributed by atoms with Crippen LogP contribution in [0.4, 0.5) is 4.79 Å². The smallest absolute Gasteiger partial charge is 0.419 e. The highest BCUT2D eigenvalue weighted by Crippen LogP contribution is 2.48. The van der Waals surface area contributed by atoms with Crippen molar-refractivity contribution in [1.29, 1.82) is 0 Å². The molecule has 0 N–H and O–H groups in total. The molecule has 0 spiro atoms. The Morgan fingerprint density at radius 2 is 1.24 bits per heavy atom. The molecule has 0 amide bonds. The van der Waals surface area contributed by atoms with E-state index in [1.807, 2.05) is 97.1 Å². The number of esters is 1. The minimum Gasteiger partial charge on any atom is -0.489 e. The van der Waals surface area contributed by atoms with Crippen LogP contribution in [0.5, 0.6) is 5.75 Å². The summed E-state index contributed by atoms with van der Waals surface area (Å²) in [4.78, 5) is 26.4. The Kier molecular flexibility index (Phi) is 9.51. The molecule has 5 aromatic carbocycles. The van der Waals surface area contributed by atoms with Crippen LogP contribution in [0, 0.1) is 0 Å². The first-order valence-corrected chi connectivity index (χ1v) is 16.0.